The summed E-state index contributed by atoms with van der Waals surface area (Å²) in [6.07, 6.45) is 3.05. The van der Waals surface area contributed by atoms with Gasteiger partial charge in [0.25, 0.3) is 5.91 Å². The molecule has 8 heteroatoms. The molecule has 2 heterocycles. The summed E-state index contributed by atoms with van der Waals surface area (Å²) in [6.45, 7) is 7.40. The second-order valence-electron chi connectivity index (χ2n) is 9.13. The van der Waals surface area contributed by atoms with E-state index in [-0.39, 0.29) is 29.3 Å². The van der Waals surface area contributed by atoms with E-state index in [4.69, 9.17) is 0 Å². The number of amides is 1. The molecule has 4 rings (SSSR count). The lowest BCUT2D eigenvalue weighted by Crippen LogP contribution is -2.50. The Morgan fingerprint density at radius 2 is 1.42 bits per heavy atom. The van der Waals surface area contributed by atoms with E-state index in [0.717, 1.165) is 11.1 Å². The highest BCUT2D eigenvalue weighted by atomic mass is 32.2. The summed E-state index contributed by atoms with van der Waals surface area (Å²) >= 11 is 0. The minimum atomic E-state index is -3.60. The lowest BCUT2D eigenvalue weighted by Gasteiger charge is -2.34. The van der Waals surface area contributed by atoms with Crippen LogP contribution >= 0.6 is 0 Å². The third kappa shape index (κ3) is 4.96. The van der Waals surface area contributed by atoms with E-state index >= 15 is 0 Å². The maximum absolute atomic E-state index is 13.1. The fourth-order valence-electron chi connectivity index (χ4n) is 3.76. The summed E-state index contributed by atoms with van der Waals surface area (Å²) < 4.78 is 27.6. The van der Waals surface area contributed by atoms with E-state index in [0.29, 0.717) is 24.5 Å². The van der Waals surface area contributed by atoms with Crippen molar-refractivity contribution in [1.29, 1.82) is 0 Å². The van der Waals surface area contributed by atoms with E-state index < -0.39 is 10.0 Å². The molecule has 2 aromatic carbocycles. The van der Waals surface area contributed by atoms with Crippen LogP contribution in [0, 0.1) is 0 Å². The monoisotopic (exact) mass is 464 g/mol. The van der Waals surface area contributed by atoms with Crippen molar-refractivity contribution in [2.24, 2.45) is 0 Å². The Morgan fingerprint density at radius 3 is 1.97 bits per heavy atom. The van der Waals surface area contributed by atoms with Gasteiger partial charge in [-0.25, -0.2) is 18.4 Å². The Kier molecular flexibility index (Phi) is 6.32. The zero-order valence-electron chi connectivity index (χ0n) is 19.1. The van der Waals surface area contributed by atoms with Gasteiger partial charge in [0.1, 0.15) is 0 Å². The Morgan fingerprint density at radius 1 is 0.848 bits per heavy atom. The number of piperazine rings is 1. The molecule has 1 amide bonds. The normalized spacial score (nSPS) is 15.4. The van der Waals surface area contributed by atoms with Crippen molar-refractivity contribution in [3.8, 4) is 11.4 Å². The van der Waals surface area contributed by atoms with Crippen molar-refractivity contribution in [2.75, 3.05) is 26.2 Å². The Bertz CT molecular complexity index is 1210. The quantitative estimate of drug-likeness (QED) is 0.589. The lowest BCUT2D eigenvalue weighted by molar-refractivity contribution is 0.0697. The summed E-state index contributed by atoms with van der Waals surface area (Å²) in [7, 11) is -3.60. The molecule has 0 saturated carbocycles. The Balaban J connectivity index is 1.40. The SMILES string of the molecule is CC(C)(C)c1ccc(S(=O)(=O)N2CCN(C(=O)c3cnc(-c4ccccc4)nc3)CC2)cc1. The summed E-state index contributed by atoms with van der Waals surface area (Å²) in [6, 6.07) is 16.6. The van der Waals surface area contributed by atoms with Crippen LogP contribution in [0.3, 0.4) is 0 Å². The molecule has 0 atom stereocenters. The molecule has 0 N–H and O–H groups in total. The van der Waals surface area contributed by atoms with E-state index in [1.807, 2.05) is 42.5 Å². The van der Waals surface area contributed by atoms with Crippen LogP contribution in [-0.2, 0) is 15.4 Å². The highest BCUT2D eigenvalue weighted by molar-refractivity contribution is 7.89. The molecule has 1 aliphatic rings. The fraction of sp³-hybridized carbons (Fsp3) is 0.320. The van der Waals surface area contributed by atoms with E-state index in [1.165, 1.54) is 16.7 Å². The number of hydrogen-bond acceptors (Lipinski definition) is 5. The molecule has 0 spiro atoms. The number of rotatable bonds is 4. The predicted molar refractivity (Wildman–Crippen MR) is 127 cm³/mol. The molecule has 1 fully saturated rings. The Hall–Kier alpha value is -3.10. The van der Waals surface area contributed by atoms with Crippen molar-refractivity contribution >= 4 is 15.9 Å². The molecule has 1 saturated heterocycles. The number of nitrogens with zero attached hydrogens (tertiary/aromatic N) is 4. The third-order valence-electron chi connectivity index (χ3n) is 5.81. The summed E-state index contributed by atoms with van der Waals surface area (Å²) in [4.78, 5) is 23.4. The maximum atomic E-state index is 13.1. The molecule has 0 radical (unpaired) electrons. The van der Waals surface area contributed by atoms with Crippen LogP contribution in [0.25, 0.3) is 11.4 Å². The average molecular weight is 465 g/mol. The molecule has 1 aliphatic heterocycles. The van der Waals surface area contributed by atoms with Gasteiger partial charge in [-0.15, -0.1) is 0 Å². The number of hydrogen-bond donors (Lipinski definition) is 0. The summed E-state index contributed by atoms with van der Waals surface area (Å²) in [5, 5.41) is 0. The number of aromatic nitrogens is 2. The zero-order valence-corrected chi connectivity index (χ0v) is 19.9. The molecule has 0 unspecified atom stereocenters. The van der Waals surface area contributed by atoms with Crippen LogP contribution in [-0.4, -0.2) is 59.7 Å². The maximum Gasteiger partial charge on any atom is 0.257 e. The van der Waals surface area contributed by atoms with Crippen LogP contribution in [0.2, 0.25) is 0 Å². The van der Waals surface area contributed by atoms with Gasteiger partial charge < -0.3 is 4.90 Å². The van der Waals surface area contributed by atoms with Gasteiger partial charge in [0, 0.05) is 44.1 Å². The first-order valence-corrected chi connectivity index (χ1v) is 12.4. The predicted octanol–water partition coefficient (Wildman–Crippen LogP) is 3.59. The number of sulfonamides is 1. The second-order valence-corrected chi connectivity index (χ2v) is 11.1. The van der Waals surface area contributed by atoms with Crippen molar-refractivity contribution in [3.05, 3.63) is 78.1 Å². The van der Waals surface area contributed by atoms with Gasteiger partial charge in [-0.3, -0.25) is 4.79 Å². The molecule has 3 aromatic rings. The lowest BCUT2D eigenvalue weighted by atomic mass is 9.87. The molecule has 1 aromatic heterocycles. The molecular formula is C25H28N4O3S. The molecule has 33 heavy (non-hydrogen) atoms. The molecular weight excluding hydrogens is 436 g/mol. The van der Waals surface area contributed by atoms with Gasteiger partial charge in [-0.2, -0.15) is 4.31 Å². The van der Waals surface area contributed by atoms with Crippen molar-refractivity contribution < 1.29 is 13.2 Å². The van der Waals surface area contributed by atoms with Crippen LogP contribution in [0.1, 0.15) is 36.7 Å². The highest BCUT2D eigenvalue weighted by Gasteiger charge is 2.31. The second kappa shape index (κ2) is 9.03. The molecule has 172 valence electrons. The number of carbonyl (C=O) groups is 1. The minimum Gasteiger partial charge on any atom is -0.336 e. The number of benzene rings is 2. The first kappa shape index (κ1) is 23.1. The van der Waals surface area contributed by atoms with E-state index in [2.05, 4.69) is 30.7 Å². The van der Waals surface area contributed by atoms with E-state index in [9.17, 15) is 13.2 Å². The van der Waals surface area contributed by atoms with Crippen molar-refractivity contribution in [1.82, 2.24) is 19.2 Å². The first-order valence-electron chi connectivity index (χ1n) is 10.9. The summed E-state index contributed by atoms with van der Waals surface area (Å²) in [5.41, 5.74) is 2.31. The van der Waals surface area contributed by atoms with Gasteiger partial charge in [-0.1, -0.05) is 63.2 Å². The molecule has 0 aliphatic carbocycles. The van der Waals surface area contributed by atoms with Gasteiger partial charge in [0.05, 0.1) is 10.5 Å². The van der Waals surface area contributed by atoms with Crippen LogP contribution < -0.4 is 0 Å². The van der Waals surface area contributed by atoms with Crippen LogP contribution in [0.4, 0.5) is 0 Å². The van der Waals surface area contributed by atoms with E-state index in [1.54, 1.807) is 17.0 Å². The smallest absolute Gasteiger partial charge is 0.257 e. The minimum absolute atomic E-state index is 0.0444. The zero-order chi connectivity index (χ0) is 23.6. The van der Waals surface area contributed by atoms with Crippen molar-refractivity contribution in [3.63, 3.8) is 0 Å². The third-order valence-corrected chi connectivity index (χ3v) is 7.73. The highest BCUT2D eigenvalue weighted by Crippen LogP contribution is 2.25. The van der Waals surface area contributed by atoms with Gasteiger partial charge in [0.15, 0.2) is 5.82 Å². The van der Waals surface area contributed by atoms with Crippen LogP contribution in [0.15, 0.2) is 71.9 Å². The molecule has 7 nitrogen and oxygen atoms in total. The van der Waals surface area contributed by atoms with Gasteiger partial charge >= 0.3 is 0 Å². The molecule has 0 bridgehead atoms. The Labute approximate surface area is 195 Å². The largest absolute Gasteiger partial charge is 0.336 e. The topological polar surface area (TPSA) is 83.5 Å². The number of carbonyl (C=O) groups excluding carboxylic acids is 1. The average Bonchev–Trinajstić information content (AvgIpc) is 2.84. The standard InChI is InChI=1S/C25H28N4O3S/c1-25(2,3)21-9-11-22(12-10-21)33(31,32)29-15-13-28(14-16-29)24(30)20-17-26-23(27-18-20)19-7-5-4-6-8-19/h4-12,17-18H,13-16H2,1-3H3. The van der Waals surface area contributed by atoms with Gasteiger partial charge in [0.2, 0.25) is 10.0 Å². The van der Waals surface area contributed by atoms with Crippen LogP contribution in [0.5, 0.6) is 0 Å². The fourth-order valence-corrected chi connectivity index (χ4v) is 5.19. The summed E-state index contributed by atoms with van der Waals surface area (Å²) in [5.74, 6) is 0.363. The van der Waals surface area contributed by atoms with Crippen molar-refractivity contribution in [2.45, 2.75) is 31.1 Å². The van der Waals surface area contributed by atoms with Gasteiger partial charge in [-0.05, 0) is 23.1 Å². The first-order chi connectivity index (χ1) is 15.7.